The highest BCUT2D eigenvalue weighted by Crippen LogP contribution is 2.29. The lowest BCUT2D eigenvalue weighted by atomic mass is 9.85. The Morgan fingerprint density at radius 1 is 1.45 bits per heavy atom. The highest BCUT2D eigenvalue weighted by Gasteiger charge is 2.30. The smallest absolute Gasteiger partial charge is 0.306 e. The van der Waals surface area contributed by atoms with Crippen LogP contribution in [-0.4, -0.2) is 12.1 Å². The number of hydrogen-bond donors (Lipinski definition) is 0. The number of esters is 1. The molecule has 0 spiro atoms. The van der Waals surface area contributed by atoms with Crippen LogP contribution >= 0.6 is 0 Å². The zero-order valence-electron chi connectivity index (χ0n) is 7.52. The molecule has 0 aromatic carbocycles. The summed E-state index contributed by atoms with van der Waals surface area (Å²) < 4.78 is 5.21. The van der Waals surface area contributed by atoms with Gasteiger partial charge < -0.3 is 4.74 Å². The van der Waals surface area contributed by atoms with Crippen molar-refractivity contribution in [2.24, 2.45) is 5.41 Å². The van der Waals surface area contributed by atoms with E-state index in [4.69, 9.17) is 4.74 Å². The van der Waals surface area contributed by atoms with E-state index >= 15 is 0 Å². The second-order valence-corrected chi connectivity index (χ2v) is 4.24. The molecule has 64 valence electrons. The molecule has 0 bridgehead atoms. The quantitative estimate of drug-likeness (QED) is 0.502. The first kappa shape index (κ1) is 8.57. The minimum atomic E-state index is -0.0313. The fourth-order valence-corrected chi connectivity index (χ4v) is 1.32. The van der Waals surface area contributed by atoms with Crippen LogP contribution in [0.15, 0.2) is 0 Å². The number of carbonyl (C=O) groups excluding carboxylic acids is 1. The van der Waals surface area contributed by atoms with Crippen LogP contribution in [0, 0.1) is 5.41 Å². The average molecular weight is 156 g/mol. The van der Waals surface area contributed by atoms with E-state index in [1.807, 2.05) is 0 Å². The monoisotopic (exact) mass is 156 g/mol. The van der Waals surface area contributed by atoms with E-state index < -0.39 is 0 Å². The van der Waals surface area contributed by atoms with Crippen molar-refractivity contribution in [1.29, 1.82) is 0 Å². The summed E-state index contributed by atoms with van der Waals surface area (Å²) in [5, 5.41) is 0. The minimum Gasteiger partial charge on any atom is -0.462 e. The van der Waals surface area contributed by atoms with Crippen LogP contribution in [-0.2, 0) is 9.53 Å². The van der Waals surface area contributed by atoms with Crippen LogP contribution < -0.4 is 0 Å². The first-order valence-corrected chi connectivity index (χ1v) is 4.19. The van der Waals surface area contributed by atoms with E-state index in [0.29, 0.717) is 6.42 Å². The number of carbonyl (C=O) groups is 1. The Morgan fingerprint density at radius 2 is 2.09 bits per heavy atom. The summed E-state index contributed by atoms with van der Waals surface area (Å²) in [6.45, 7) is 6.32. The molecule has 1 aliphatic rings. The molecule has 1 heterocycles. The van der Waals surface area contributed by atoms with Crippen LogP contribution in [0.1, 0.15) is 40.0 Å². The molecule has 0 radical (unpaired) electrons. The topological polar surface area (TPSA) is 26.3 Å². The van der Waals surface area contributed by atoms with E-state index in [1.165, 1.54) is 0 Å². The Balaban J connectivity index is 2.53. The molecule has 1 aliphatic heterocycles. The second-order valence-electron chi connectivity index (χ2n) is 4.24. The summed E-state index contributed by atoms with van der Waals surface area (Å²) in [7, 11) is 0. The summed E-state index contributed by atoms with van der Waals surface area (Å²) >= 11 is 0. The Labute approximate surface area is 67.9 Å². The van der Waals surface area contributed by atoms with Gasteiger partial charge in [0.1, 0.15) is 6.10 Å². The van der Waals surface area contributed by atoms with Gasteiger partial charge in [0.15, 0.2) is 0 Å². The molecular formula is C9H16O2. The largest absolute Gasteiger partial charge is 0.462 e. The normalized spacial score (nSPS) is 26.5. The van der Waals surface area contributed by atoms with Gasteiger partial charge in [-0.2, -0.15) is 0 Å². The van der Waals surface area contributed by atoms with Gasteiger partial charge >= 0.3 is 5.97 Å². The van der Waals surface area contributed by atoms with E-state index in [1.54, 1.807) is 0 Å². The molecular weight excluding hydrogens is 140 g/mol. The van der Waals surface area contributed by atoms with Gasteiger partial charge in [0.05, 0.1) is 0 Å². The van der Waals surface area contributed by atoms with Crippen LogP contribution in [0.25, 0.3) is 0 Å². The van der Waals surface area contributed by atoms with E-state index in [0.717, 1.165) is 12.8 Å². The molecule has 0 aromatic heterocycles. The molecule has 1 saturated heterocycles. The van der Waals surface area contributed by atoms with Crippen LogP contribution in [0.4, 0.5) is 0 Å². The summed E-state index contributed by atoms with van der Waals surface area (Å²) in [6, 6.07) is 0. The van der Waals surface area contributed by atoms with Gasteiger partial charge in [-0.25, -0.2) is 0 Å². The Morgan fingerprint density at radius 3 is 2.45 bits per heavy atom. The maximum Gasteiger partial charge on any atom is 0.306 e. The number of ether oxygens (including phenoxy) is 1. The van der Waals surface area contributed by atoms with E-state index in [9.17, 15) is 4.79 Å². The van der Waals surface area contributed by atoms with Crippen LogP contribution in [0.5, 0.6) is 0 Å². The molecule has 1 atom stereocenters. The first-order valence-electron chi connectivity index (χ1n) is 4.19. The van der Waals surface area contributed by atoms with Crippen molar-refractivity contribution < 1.29 is 9.53 Å². The SMILES string of the molecule is CC(C)(C)[C@H]1CCCC(=O)O1. The van der Waals surface area contributed by atoms with Crippen molar-refractivity contribution in [3.8, 4) is 0 Å². The highest BCUT2D eigenvalue weighted by molar-refractivity contribution is 5.70. The summed E-state index contributed by atoms with van der Waals surface area (Å²) in [6.07, 6.45) is 2.74. The lowest BCUT2D eigenvalue weighted by molar-refractivity contribution is -0.160. The number of rotatable bonds is 0. The molecule has 0 saturated carbocycles. The van der Waals surface area contributed by atoms with Crippen molar-refractivity contribution in [3.63, 3.8) is 0 Å². The van der Waals surface area contributed by atoms with Crippen LogP contribution in [0.2, 0.25) is 0 Å². The van der Waals surface area contributed by atoms with Crippen molar-refractivity contribution >= 4 is 5.97 Å². The number of hydrogen-bond acceptors (Lipinski definition) is 2. The Bertz CT molecular complexity index is 155. The van der Waals surface area contributed by atoms with Crippen molar-refractivity contribution in [2.75, 3.05) is 0 Å². The zero-order chi connectivity index (χ0) is 8.48. The predicted octanol–water partition coefficient (Wildman–Crippen LogP) is 2.13. The van der Waals surface area contributed by atoms with Gasteiger partial charge in [0.25, 0.3) is 0 Å². The van der Waals surface area contributed by atoms with Crippen LogP contribution in [0.3, 0.4) is 0 Å². The minimum absolute atomic E-state index is 0.0313. The van der Waals surface area contributed by atoms with Gasteiger partial charge in [-0.05, 0) is 18.3 Å². The lowest BCUT2D eigenvalue weighted by Gasteiger charge is -2.32. The Hall–Kier alpha value is -0.530. The summed E-state index contributed by atoms with van der Waals surface area (Å²) in [4.78, 5) is 10.9. The Kier molecular flexibility index (Phi) is 2.21. The number of cyclic esters (lactones) is 1. The summed E-state index contributed by atoms with van der Waals surface area (Å²) in [5.41, 5.74) is 0.107. The molecule has 0 unspecified atom stereocenters. The molecule has 0 amide bonds. The second kappa shape index (κ2) is 2.84. The lowest BCUT2D eigenvalue weighted by Crippen LogP contribution is -2.34. The molecule has 2 heteroatoms. The van der Waals surface area contributed by atoms with Gasteiger partial charge in [-0.15, -0.1) is 0 Å². The van der Waals surface area contributed by atoms with Gasteiger partial charge in [0.2, 0.25) is 0 Å². The van der Waals surface area contributed by atoms with Crippen molar-refractivity contribution in [2.45, 2.75) is 46.1 Å². The molecule has 1 rings (SSSR count). The molecule has 1 fully saturated rings. The molecule has 11 heavy (non-hydrogen) atoms. The third-order valence-electron chi connectivity index (χ3n) is 2.09. The molecule has 0 aliphatic carbocycles. The maximum absolute atomic E-state index is 10.9. The van der Waals surface area contributed by atoms with Gasteiger partial charge in [-0.3, -0.25) is 4.79 Å². The standard InChI is InChI=1S/C9H16O2/c1-9(2,3)7-5-4-6-8(10)11-7/h7H,4-6H2,1-3H3/t7-/m1/s1. The fourth-order valence-electron chi connectivity index (χ4n) is 1.32. The third kappa shape index (κ3) is 2.21. The highest BCUT2D eigenvalue weighted by atomic mass is 16.5. The third-order valence-corrected chi connectivity index (χ3v) is 2.09. The molecule has 0 aromatic rings. The zero-order valence-corrected chi connectivity index (χ0v) is 7.52. The fraction of sp³-hybridized carbons (Fsp3) is 0.889. The van der Waals surface area contributed by atoms with Crippen molar-refractivity contribution in [1.82, 2.24) is 0 Å². The maximum atomic E-state index is 10.9. The van der Waals surface area contributed by atoms with Gasteiger partial charge in [0, 0.05) is 6.42 Å². The predicted molar refractivity (Wildman–Crippen MR) is 43.2 cm³/mol. The van der Waals surface area contributed by atoms with Gasteiger partial charge in [-0.1, -0.05) is 20.8 Å². The average Bonchev–Trinajstić information content (AvgIpc) is 1.86. The van der Waals surface area contributed by atoms with E-state index in [-0.39, 0.29) is 17.5 Å². The molecule has 0 N–H and O–H groups in total. The summed E-state index contributed by atoms with van der Waals surface area (Å²) in [5.74, 6) is -0.0313. The van der Waals surface area contributed by atoms with E-state index in [2.05, 4.69) is 20.8 Å². The first-order chi connectivity index (χ1) is 5.00. The molecule has 2 nitrogen and oxygen atoms in total. The van der Waals surface area contributed by atoms with Crippen molar-refractivity contribution in [3.05, 3.63) is 0 Å².